The molecule has 0 unspecified atom stereocenters. The van der Waals surface area contributed by atoms with Gasteiger partial charge in [-0.05, 0) is 25.7 Å². The predicted octanol–water partition coefficient (Wildman–Crippen LogP) is 0.740. The zero-order valence-corrected chi connectivity index (χ0v) is 9.60. The standard InChI is InChI=1S/C9H18N2O2S/c1-8(10)11-5-3-9(4-6-11)7-14(2,12)13/h9-10H,3-7H2,1-2H3. The van der Waals surface area contributed by atoms with Crippen LogP contribution in [-0.4, -0.2) is 44.3 Å². The smallest absolute Gasteiger partial charge is 0.147 e. The van der Waals surface area contributed by atoms with Crippen LogP contribution >= 0.6 is 0 Å². The van der Waals surface area contributed by atoms with E-state index in [0.717, 1.165) is 25.9 Å². The lowest BCUT2D eigenvalue weighted by atomic mass is 9.99. The Hall–Kier alpha value is -0.580. The molecule has 0 aromatic carbocycles. The molecule has 0 atom stereocenters. The molecule has 1 rings (SSSR count). The van der Waals surface area contributed by atoms with Gasteiger partial charge < -0.3 is 4.90 Å². The molecular formula is C9H18N2O2S. The largest absolute Gasteiger partial charge is 0.361 e. The minimum Gasteiger partial charge on any atom is -0.361 e. The van der Waals surface area contributed by atoms with Crippen molar-refractivity contribution in [2.75, 3.05) is 25.1 Å². The van der Waals surface area contributed by atoms with Crippen molar-refractivity contribution < 1.29 is 8.42 Å². The van der Waals surface area contributed by atoms with Crippen molar-refractivity contribution in [3.8, 4) is 0 Å². The lowest BCUT2D eigenvalue weighted by Gasteiger charge is -2.32. The first kappa shape index (κ1) is 11.5. The van der Waals surface area contributed by atoms with Crippen LogP contribution in [0.4, 0.5) is 0 Å². The first-order valence-electron chi connectivity index (χ1n) is 4.86. The van der Waals surface area contributed by atoms with Gasteiger partial charge in [0.2, 0.25) is 0 Å². The van der Waals surface area contributed by atoms with Gasteiger partial charge in [-0.3, -0.25) is 5.41 Å². The lowest BCUT2D eigenvalue weighted by molar-refractivity contribution is 0.279. The van der Waals surface area contributed by atoms with Crippen molar-refractivity contribution in [1.82, 2.24) is 4.90 Å². The van der Waals surface area contributed by atoms with Crippen LogP contribution < -0.4 is 0 Å². The lowest BCUT2D eigenvalue weighted by Crippen LogP contribution is -2.38. The van der Waals surface area contributed by atoms with Crippen LogP contribution in [0.1, 0.15) is 19.8 Å². The van der Waals surface area contributed by atoms with Gasteiger partial charge in [-0.15, -0.1) is 0 Å². The van der Waals surface area contributed by atoms with Crippen LogP contribution in [-0.2, 0) is 9.84 Å². The molecule has 0 bridgehead atoms. The molecule has 1 N–H and O–H groups in total. The van der Waals surface area contributed by atoms with Gasteiger partial charge in [0.25, 0.3) is 0 Å². The second-order valence-corrected chi connectivity index (χ2v) is 6.29. The summed E-state index contributed by atoms with van der Waals surface area (Å²) in [5.74, 6) is 1.18. The summed E-state index contributed by atoms with van der Waals surface area (Å²) in [7, 11) is -2.83. The van der Waals surface area contributed by atoms with E-state index >= 15 is 0 Å². The van der Waals surface area contributed by atoms with Crippen LogP contribution in [0.5, 0.6) is 0 Å². The average Bonchev–Trinajstić information content (AvgIpc) is 2.02. The highest BCUT2D eigenvalue weighted by molar-refractivity contribution is 7.90. The maximum atomic E-state index is 11.1. The van der Waals surface area contributed by atoms with E-state index in [1.165, 1.54) is 6.26 Å². The van der Waals surface area contributed by atoms with E-state index in [9.17, 15) is 8.42 Å². The quantitative estimate of drug-likeness (QED) is 0.549. The zero-order chi connectivity index (χ0) is 10.8. The highest BCUT2D eigenvalue weighted by Gasteiger charge is 2.22. The van der Waals surface area contributed by atoms with Crippen molar-refractivity contribution in [3.63, 3.8) is 0 Å². The molecule has 4 nitrogen and oxygen atoms in total. The molecule has 0 aromatic heterocycles. The minimum absolute atomic E-state index is 0.292. The maximum absolute atomic E-state index is 11.1. The van der Waals surface area contributed by atoms with Crippen LogP contribution in [0, 0.1) is 11.3 Å². The van der Waals surface area contributed by atoms with Crippen LogP contribution in [0.3, 0.4) is 0 Å². The first-order valence-corrected chi connectivity index (χ1v) is 6.92. The average molecular weight is 218 g/mol. The fraction of sp³-hybridized carbons (Fsp3) is 0.889. The number of piperidine rings is 1. The summed E-state index contributed by atoms with van der Waals surface area (Å²) in [5.41, 5.74) is 0. The number of hydrogen-bond acceptors (Lipinski definition) is 3. The van der Waals surface area contributed by atoms with Gasteiger partial charge in [-0.2, -0.15) is 0 Å². The molecule has 1 fully saturated rings. The molecule has 1 saturated heterocycles. The van der Waals surface area contributed by atoms with E-state index in [1.807, 2.05) is 4.90 Å². The molecule has 0 spiro atoms. The Balaban J connectivity index is 2.40. The Morgan fingerprint density at radius 3 is 2.29 bits per heavy atom. The Bertz CT molecular complexity index is 303. The molecule has 0 saturated carbocycles. The molecule has 1 aliphatic rings. The maximum Gasteiger partial charge on any atom is 0.147 e. The zero-order valence-electron chi connectivity index (χ0n) is 8.78. The molecule has 0 aromatic rings. The number of amidine groups is 1. The minimum atomic E-state index is -2.83. The first-order chi connectivity index (χ1) is 6.38. The number of hydrogen-bond donors (Lipinski definition) is 1. The number of nitrogens with zero attached hydrogens (tertiary/aromatic N) is 1. The van der Waals surface area contributed by atoms with Crippen LogP contribution in [0.25, 0.3) is 0 Å². The van der Waals surface area contributed by atoms with E-state index < -0.39 is 9.84 Å². The van der Waals surface area contributed by atoms with Gasteiger partial charge >= 0.3 is 0 Å². The van der Waals surface area contributed by atoms with Gasteiger partial charge in [-0.25, -0.2) is 8.42 Å². The summed E-state index contributed by atoms with van der Waals surface area (Å²) >= 11 is 0. The molecule has 0 aliphatic carbocycles. The summed E-state index contributed by atoms with van der Waals surface area (Å²) in [6, 6.07) is 0. The van der Waals surface area contributed by atoms with E-state index in [-0.39, 0.29) is 0 Å². The Morgan fingerprint density at radius 2 is 1.93 bits per heavy atom. The fourth-order valence-electron chi connectivity index (χ4n) is 1.86. The van der Waals surface area contributed by atoms with Gasteiger partial charge in [0.05, 0.1) is 11.6 Å². The monoisotopic (exact) mass is 218 g/mol. The SMILES string of the molecule is CC(=N)N1CCC(CS(C)(=O)=O)CC1. The summed E-state index contributed by atoms with van der Waals surface area (Å²) in [4.78, 5) is 2.00. The number of likely N-dealkylation sites (tertiary alicyclic amines) is 1. The highest BCUT2D eigenvalue weighted by Crippen LogP contribution is 2.18. The van der Waals surface area contributed by atoms with Gasteiger partial charge in [-0.1, -0.05) is 0 Å². The van der Waals surface area contributed by atoms with Crippen molar-refractivity contribution in [2.24, 2.45) is 5.92 Å². The fourth-order valence-corrected chi connectivity index (χ4v) is 3.05. The molecule has 14 heavy (non-hydrogen) atoms. The molecule has 82 valence electrons. The summed E-state index contributed by atoms with van der Waals surface area (Å²) < 4.78 is 22.1. The predicted molar refractivity (Wildman–Crippen MR) is 57.4 cm³/mol. The van der Waals surface area contributed by atoms with E-state index in [0.29, 0.717) is 17.5 Å². The van der Waals surface area contributed by atoms with Crippen LogP contribution in [0.15, 0.2) is 0 Å². The number of rotatable bonds is 2. The molecule has 1 heterocycles. The molecule has 5 heteroatoms. The Kier molecular flexibility index (Phi) is 3.53. The summed E-state index contributed by atoms with van der Waals surface area (Å²) in [5, 5.41) is 7.44. The topological polar surface area (TPSA) is 61.2 Å². The third-order valence-corrected chi connectivity index (χ3v) is 3.70. The Labute approximate surface area is 85.7 Å². The Morgan fingerprint density at radius 1 is 1.43 bits per heavy atom. The number of sulfone groups is 1. The molecular weight excluding hydrogens is 200 g/mol. The molecule has 1 aliphatic heterocycles. The van der Waals surface area contributed by atoms with Crippen molar-refractivity contribution >= 4 is 15.7 Å². The normalized spacial score (nSPS) is 19.7. The van der Waals surface area contributed by atoms with E-state index in [2.05, 4.69) is 0 Å². The molecule has 0 amide bonds. The van der Waals surface area contributed by atoms with E-state index in [4.69, 9.17) is 5.41 Å². The third-order valence-electron chi connectivity index (χ3n) is 2.63. The highest BCUT2D eigenvalue weighted by atomic mass is 32.2. The van der Waals surface area contributed by atoms with Crippen molar-refractivity contribution in [1.29, 1.82) is 5.41 Å². The second kappa shape index (κ2) is 4.29. The van der Waals surface area contributed by atoms with Gasteiger partial charge in [0, 0.05) is 19.3 Å². The second-order valence-electron chi connectivity index (χ2n) is 4.11. The molecule has 0 radical (unpaired) electrons. The van der Waals surface area contributed by atoms with Gasteiger partial charge in [0.1, 0.15) is 9.84 Å². The van der Waals surface area contributed by atoms with E-state index in [1.54, 1.807) is 6.92 Å². The van der Waals surface area contributed by atoms with Gasteiger partial charge in [0.15, 0.2) is 0 Å². The number of nitrogens with one attached hydrogen (secondary N) is 1. The third kappa shape index (κ3) is 3.65. The van der Waals surface area contributed by atoms with Crippen molar-refractivity contribution in [2.45, 2.75) is 19.8 Å². The summed E-state index contributed by atoms with van der Waals surface area (Å²) in [6.07, 6.45) is 3.08. The summed E-state index contributed by atoms with van der Waals surface area (Å²) in [6.45, 7) is 3.43. The van der Waals surface area contributed by atoms with Crippen LogP contribution in [0.2, 0.25) is 0 Å². The van der Waals surface area contributed by atoms with Crippen molar-refractivity contribution in [3.05, 3.63) is 0 Å².